The van der Waals surface area contributed by atoms with E-state index in [0.29, 0.717) is 25.4 Å². The Morgan fingerprint density at radius 1 is 0.868 bits per heavy atom. The Hall–Kier alpha value is -1.30. The SMILES string of the molecule is CC(C)(C)OC(=O)N1CC[C@H](O)C1.CCN(CC)CC.CS(=O)(=O)Cl.C[C@H]1CCN(C(=O)OC(C)(C)C)C1. The lowest BCUT2D eigenvalue weighted by atomic mass is 10.2. The van der Waals surface area contributed by atoms with Gasteiger partial charge in [-0.3, -0.25) is 0 Å². The number of ether oxygens (including phenoxy) is 2. The van der Waals surface area contributed by atoms with Crippen LogP contribution in [0, 0.1) is 5.92 Å². The Morgan fingerprint density at radius 2 is 1.21 bits per heavy atom. The molecule has 0 aliphatic carbocycles. The number of amides is 2. The number of nitrogens with zero attached hydrogens (tertiary/aromatic N) is 3. The van der Waals surface area contributed by atoms with E-state index >= 15 is 0 Å². The van der Waals surface area contributed by atoms with Crippen molar-refractivity contribution in [1.82, 2.24) is 14.7 Å². The largest absolute Gasteiger partial charge is 0.444 e. The highest BCUT2D eigenvalue weighted by Crippen LogP contribution is 2.18. The molecule has 38 heavy (non-hydrogen) atoms. The monoisotopic (exact) mass is 587 g/mol. The summed E-state index contributed by atoms with van der Waals surface area (Å²) in [5.41, 5.74) is -0.826. The molecular weight excluding hydrogens is 534 g/mol. The minimum atomic E-state index is -3.19. The minimum absolute atomic E-state index is 0.170. The van der Waals surface area contributed by atoms with Crippen molar-refractivity contribution >= 4 is 31.9 Å². The van der Waals surface area contributed by atoms with Crippen molar-refractivity contribution in [1.29, 1.82) is 0 Å². The van der Waals surface area contributed by atoms with Crippen LogP contribution in [0.5, 0.6) is 0 Å². The quantitative estimate of drug-likeness (QED) is 0.469. The zero-order chi connectivity index (χ0) is 30.3. The van der Waals surface area contributed by atoms with Crippen LogP contribution in [0.3, 0.4) is 0 Å². The number of likely N-dealkylation sites (tertiary alicyclic amines) is 2. The van der Waals surface area contributed by atoms with Crippen LogP contribution in [0.25, 0.3) is 0 Å². The highest BCUT2D eigenvalue weighted by atomic mass is 35.7. The van der Waals surface area contributed by atoms with Crippen LogP contribution in [-0.4, -0.2) is 110 Å². The average molecular weight is 588 g/mol. The smallest absolute Gasteiger partial charge is 0.410 e. The molecule has 0 radical (unpaired) electrons. The van der Waals surface area contributed by atoms with E-state index in [1.165, 1.54) is 24.5 Å². The molecule has 2 heterocycles. The van der Waals surface area contributed by atoms with Gasteiger partial charge in [-0.2, -0.15) is 0 Å². The highest BCUT2D eigenvalue weighted by Gasteiger charge is 2.29. The summed E-state index contributed by atoms with van der Waals surface area (Å²) < 4.78 is 29.2. The first-order valence-corrected chi connectivity index (χ1v) is 16.1. The lowest BCUT2D eigenvalue weighted by molar-refractivity contribution is 0.0266. The number of hydrogen-bond donors (Lipinski definition) is 1. The van der Waals surface area contributed by atoms with Gasteiger partial charge in [0, 0.05) is 36.9 Å². The predicted molar refractivity (Wildman–Crippen MR) is 154 cm³/mol. The van der Waals surface area contributed by atoms with Crippen LogP contribution in [0.4, 0.5) is 9.59 Å². The first kappa shape index (κ1) is 38.8. The van der Waals surface area contributed by atoms with Crippen LogP contribution < -0.4 is 0 Å². The maximum absolute atomic E-state index is 11.5. The molecule has 0 bridgehead atoms. The molecule has 2 rings (SSSR count). The Bertz CT molecular complexity index is 721. The van der Waals surface area contributed by atoms with E-state index < -0.39 is 14.7 Å². The van der Waals surface area contributed by atoms with Crippen molar-refractivity contribution in [2.75, 3.05) is 52.1 Å². The van der Waals surface area contributed by atoms with E-state index in [2.05, 4.69) is 43.3 Å². The fourth-order valence-corrected chi connectivity index (χ4v) is 3.33. The summed E-state index contributed by atoms with van der Waals surface area (Å²) in [7, 11) is 1.31. The number of carbonyl (C=O) groups excluding carboxylic acids is 2. The summed E-state index contributed by atoms with van der Waals surface area (Å²) in [5, 5.41) is 9.20. The predicted octanol–water partition coefficient (Wildman–Crippen LogP) is 4.78. The number of aliphatic hydroxyl groups excluding tert-OH is 1. The van der Waals surface area contributed by atoms with Crippen molar-refractivity contribution < 1.29 is 32.6 Å². The second kappa shape index (κ2) is 18.1. The number of hydrogen-bond acceptors (Lipinski definition) is 8. The van der Waals surface area contributed by atoms with Crippen molar-refractivity contribution in [3.8, 4) is 0 Å². The van der Waals surface area contributed by atoms with Crippen LogP contribution in [-0.2, 0) is 18.5 Å². The van der Waals surface area contributed by atoms with Gasteiger partial charge in [-0.05, 0) is 79.9 Å². The zero-order valence-corrected chi connectivity index (χ0v) is 27.1. The fraction of sp³-hybridized carbons (Fsp3) is 0.923. The lowest BCUT2D eigenvalue weighted by Gasteiger charge is -2.24. The summed E-state index contributed by atoms with van der Waals surface area (Å²) in [4.78, 5) is 28.6. The molecule has 12 heteroatoms. The molecule has 0 aromatic carbocycles. The summed E-state index contributed by atoms with van der Waals surface area (Å²) in [6, 6.07) is 0. The molecule has 0 aromatic heterocycles. The van der Waals surface area contributed by atoms with Gasteiger partial charge in [-0.15, -0.1) is 0 Å². The van der Waals surface area contributed by atoms with Crippen molar-refractivity contribution in [2.45, 2.75) is 99.4 Å². The Morgan fingerprint density at radius 3 is 1.42 bits per heavy atom. The van der Waals surface area contributed by atoms with Crippen molar-refractivity contribution in [2.24, 2.45) is 5.92 Å². The highest BCUT2D eigenvalue weighted by molar-refractivity contribution is 8.13. The van der Waals surface area contributed by atoms with E-state index in [1.807, 2.05) is 41.5 Å². The standard InChI is InChI=1S/C10H19NO2.C9H17NO3.C6H15N.CH3ClO2S/c1-8-5-6-11(7-8)9(12)13-10(2,3)4;1-9(2,3)13-8(12)10-5-4-7(11)6-10;1-4-7(5-2)6-3;1-5(2,3)4/h8H,5-7H2,1-4H3;7,11H,4-6H2,1-3H3;4-6H2,1-3H3;1H3/t8-;7-;;/m00../s1. The molecule has 10 nitrogen and oxygen atoms in total. The molecule has 2 fully saturated rings. The molecule has 0 aromatic rings. The topological polar surface area (TPSA) is 117 Å². The van der Waals surface area contributed by atoms with Gasteiger partial charge < -0.3 is 29.3 Å². The summed E-state index contributed by atoms with van der Waals surface area (Å²) in [6.07, 6.45) is 1.79. The van der Waals surface area contributed by atoms with Gasteiger partial charge in [0.05, 0.1) is 12.4 Å². The first-order chi connectivity index (χ1) is 17.1. The van der Waals surface area contributed by atoms with Gasteiger partial charge >= 0.3 is 12.2 Å². The average Bonchev–Trinajstić information content (AvgIpc) is 3.35. The van der Waals surface area contributed by atoms with Crippen molar-refractivity contribution in [3.63, 3.8) is 0 Å². The third-order valence-electron chi connectivity index (χ3n) is 5.23. The maximum Gasteiger partial charge on any atom is 0.410 e. The van der Waals surface area contributed by atoms with Crippen LogP contribution in [0.15, 0.2) is 0 Å². The third kappa shape index (κ3) is 23.8. The van der Waals surface area contributed by atoms with Gasteiger partial charge in [0.25, 0.3) is 0 Å². The van der Waals surface area contributed by atoms with Gasteiger partial charge in [0.2, 0.25) is 9.05 Å². The molecule has 228 valence electrons. The summed E-state index contributed by atoms with van der Waals surface area (Å²) in [5.74, 6) is 0.618. The van der Waals surface area contributed by atoms with Crippen molar-refractivity contribution in [3.05, 3.63) is 0 Å². The van der Waals surface area contributed by atoms with E-state index in [4.69, 9.17) is 9.47 Å². The molecule has 2 saturated heterocycles. The first-order valence-electron chi connectivity index (χ1n) is 13.4. The summed E-state index contributed by atoms with van der Waals surface area (Å²) >= 11 is 0. The Balaban J connectivity index is 0. The molecule has 2 atom stereocenters. The van der Waals surface area contributed by atoms with Gasteiger partial charge in [0.1, 0.15) is 11.2 Å². The normalized spacial score (nSPS) is 19.4. The second-order valence-corrected chi connectivity index (χ2v) is 14.5. The molecule has 2 aliphatic heterocycles. The van der Waals surface area contributed by atoms with E-state index in [9.17, 15) is 23.1 Å². The number of rotatable bonds is 3. The molecule has 0 spiro atoms. The van der Waals surface area contributed by atoms with E-state index in [-0.39, 0.29) is 23.9 Å². The molecule has 0 saturated carbocycles. The number of halogens is 1. The van der Waals surface area contributed by atoms with Gasteiger partial charge in [-0.25, -0.2) is 18.0 Å². The molecular formula is C26H54ClN3O7S. The number of carbonyl (C=O) groups is 2. The lowest BCUT2D eigenvalue weighted by Crippen LogP contribution is -2.35. The second-order valence-electron chi connectivity index (χ2n) is 11.5. The van der Waals surface area contributed by atoms with Crippen LogP contribution in [0.1, 0.15) is 82.1 Å². The Kier molecular flexibility index (Phi) is 18.5. The van der Waals surface area contributed by atoms with Crippen LogP contribution in [0.2, 0.25) is 0 Å². The zero-order valence-electron chi connectivity index (χ0n) is 25.5. The number of aliphatic hydroxyl groups is 1. The molecule has 2 amide bonds. The fourth-order valence-electron chi connectivity index (χ4n) is 3.33. The van der Waals surface area contributed by atoms with E-state index in [1.54, 1.807) is 4.90 Å². The maximum atomic E-state index is 11.5. The van der Waals surface area contributed by atoms with E-state index in [0.717, 1.165) is 25.8 Å². The minimum Gasteiger partial charge on any atom is -0.444 e. The van der Waals surface area contributed by atoms with Crippen LogP contribution >= 0.6 is 10.7 Å². The number of β-amino-alcohol motifs (C(OH)–C–C–N with tert-alkyl or cyclic N) is 1. The third-order valence-corrected chi connectivity index (χ3v) is 5.23. The Labute approximate surface area is 236 Å². The van der Waals surface area contributed by atoms with Gasteiger partial charge in [0.15, 0.2) is 0 Å². The summed E-state index contributed by atoms with van der Waals surface area (Å²) in [6.45, 7) is 26.1. The molecule has 2 aliphatic rings. The molecule has 0 unspecified atom stereocenters. The van der Waals surface area contributed by atoms with Gasteiger partial charge in [-0.1, -0.05) is 27.7 Å². The molecule has 1 N–H and O–H groups in total.